The maximum Gasteiger partial charge on any atom is 0.289 e. The van der Waals surface area contributed by atoms with E-state index in [0.29, 0.717) is 5.69 Å². The Hall–Kier alpha value is -0.980. The van der Waals surface area contributed by atoms with Crippen LogP contribution in [-0.4, -0.2) is 24.0 Å². The van der Waals surface area contributed by atoms with E-state index in [0.717, 1.165) is 6.92 Å². The normalized spacial score (nSPS) is 19.0. The highest BCUT2D eigenvalue weighted by atomic mass is 32.2. The highest BCUT2D eigenvalue weighted by molar-refractivity contribution is 7.90. The van der Waals surface area contributed by atoms with Gasteiger partial charge in [-0.15, -0.1) is 0 Å². The van der Waals surface area contributed by atoms with Crippen molar-refractivity contribution in [3.8, 4) is 0 Å². The molecule has 0 bridgehead atoms. The van der Waals surface area contributed by atoms with Gasteiger partial charge in [-0.2, -0.15) is 13.9 Å². The standard InChI is InChI=1S/C11H16F2N2O2S/c1-7(2)15-9-4-5-18(16,17)6-8(9)10(14-15)11(3,12)13/h7H,4-6H2,1-3H3. The fourth-order valence-electron chi connectivity index (χ4n) is 2.24. The van der Waals surface area contributed by atoms with E-state index < -0.39 is 21.5 Å². The molecule has 0 aliphatic carbocycles. The third-order valence-electron chi connectivity index (χ3n) is 3.04. The summed E-state index contributed by atoms with van der Waals surface area (Å²) in [7, 11) is -3.28. The summed E-state index contributed by atoms with van der Waals surface area (Å²) in [6, 6.07) is -0.0596. The fourth-order valence-corrected chi connectivity index (χ4v) is 3.64. The van der Waals surface area contributed by atoms with Crippen molar-refractivity contribution >= 4 is 9.84 Å². The smallest absolute Gasteiger partial charge is 0.266 e. The molecule has 0 spiro atoms. The van der Waals surface area contributed by atoms with Gasteiger partial charge in [0.2, 0.25) is 0 Å². The summed E-state index contributed by atoms with van der Waals surface area (Å²) < 4.78 is 51.7. The lowest BCUT2D eigenvalue weighted by Crippen LogP contribution is -2.22. The second-order valence-electron chi connectivity index (χ2n) is 5.04. The summed E-state index contributed by atoms with van der Waals surface area (Å²) in [4.78, 5) is 0. The summed E-state index contributed by atoms with van der Waals surface area (Å²) in [6.45, 7) is 4.43. The predicted molar refractivity (Wildman–Crippen MR) is 63.4 cm³/mol. The number of hydrogen-bond donors (Lipinski definition) is 0. The van der Waals surface area contributed by atoms with Gasteiger partial charge in [-0.05, 0) is 13.8 Å². The van der Waals surface area contributed by atoms with Crippen molar-refractivity contribution in [1.29, 1.82) is 0 Å². The molecule has 0 saturated heterocycles. The summed E-state index contributed by atoms with van der Waals surface area (Å²) in [5.74, 6) is -3.43. The SMILES string of the molecule is CC(C)n1nc(C(C)(F)F)c2c1CCS(=O)(=O)C2. The molecule has 102 valence electrons. The van der Waals surface area contributed by atoms with Crippen LogP contribution in [-0.2, 0) is 27.9 Å². The van der Waals surface area contributed by atoms with Crippen LogP contribution in [0.2, 0.25) is 0 Å². The number of alkyl halides is 2. The summed E-state index contributed by atoms with van der Waals surface area (Å²) in [5, 5.41) is 3.93. The van der Waals surface area contributed by atoms with Gasteiger partial charge in [0.05, 0.1) is 11.5 Å². The Morgan fingerprint density at radius 3 is 2.50 bits per heavy atom. The zero-order valence-corrected chi connectivity index (χ0v) is 11.4. The summed E-state index contributed by atoms with van der Waals surface area (Å²) in [5.41, 5.74) is 0.438. The van der Waals surface area contributed by atoms with Crippen molar-refractivity contribution in [3.63, 3.8) is 0 Å². The molecular formula is C11H16F2N2O2S. The van der Waals surface area contributed by atoms with Gasteiger partial charge in [0.25, 0.3) is 5.92 Å². The van der Waals surface area contributed by atoms with Crippen LogP contribution in [0.3, 0.4) is 0 Å². The zero-order valence-electron chi connectivity index (χ0n) is 10.6. The third kappa shape index (κ3) is 2.28. The second kappa shape index (κ2) is 4.01. The second-order valence-corrected chi connectivity index (χ2v) is 7.23. The van der Waals surface area contributed by atoms with Gasteiger partial charge in [-0.25, -0.2) is 8.42 Å². The molecule has 0 aromatic carbocycles. The number of aromatic nitrogens is 2. The van der Waals surface area contributed by atoms with E-state index in [1.807, 2.05) is 13.8 Å². The van der Waals surface area contributed by atoms with Crippen molar-refractivity contribution in [1.82, 2.24) is 9.78 Å². The summed E-state index contributed by atoms with van der Waals surface area (Å²) in [6.07, 6.45) is 0.263. The Bertz CT molecular complexity index is 571. The van der Waals surface area contributed by atoms with Crippen LogP contribution < -0.4 is 0 Å². The lowest BCUT2D eigenvalue weighted by Gasteiger charge is -2.17. The molecule has 1 aromatic rings. The van der Waals surface area contributed by atoms with Crippen molar-refractivity contribution < 1.29 is 17.2 Å². The minimum absolute atomic E-state index is 0.00708. The molecule has 18 heavy (non-hydrogen) atoms. The minimum Gasteiger partial charge on any atom is -0.266 e. The van der Waals surface area contributed by atoms with Gasteiger partial charge >= 0.3 is 0 Å². The third-order valence-corrected chi connectivity index (χ3v) is 4.59. The minimum atomic E-state index is -3.28. The van der Waals surface area contributed by atoms with Crippen LogP contribution >= 0.6 is 0 Å². The fraction of sp³-hybridized carbons (Fsp3) is 0.727. The summed E-state index contributed by atoms with van der Waals surface area (Å²) >= 11 is 0. The Balaban J connectivity index is 2.64. The molecule has 2 heterocycles. The Morgan fingerprint density at radius 2 is 2.00 bits per heavy atom. The van der Waals surface area contributed by atoms with E-state index in [1.165, 1.54) is 4.68 Å². The number of sulfone groups is 1. The van der Waals surface area contributed by atoms with Crippen LogP contribution in [0.1, 0.15) is 43.8 Å². The van der Waals surface area contributed by atoms with E-state index in [2.05, 4.69) is 5.10 Å². The molecule has 1 aliphatic heterocycles. The topological polar surface area (TPSA) is 52.0 Å². The molecule has 1 aromatic heterocycles. The first-order valence-corrected chi connectivity index (χ1v) is 7.63. The van der Waals surface area contributed by atoms with Crippen LogP contribution in [0.5, 0.6) is 0 Å². The molecule has 0 radical (unpaired) electrons. The largest absolute Gasteiger partial charge is 0.289 e. The monoisotopic (exact) mass is 278 g/mol. The van der Waals surface area contributed by atoms with Crippen LogP contribution in [0.4, 0.5) is 8.78 Å². The van der Waals surface area contributed by atoms with Crippen molar-refractivity contribution in [2.45, 2.75) is 44.9 Å². The van der Waals surface area contributed by atoms with E-state index in [1.54, 1.807) is 0 Å². The zero-order chi connectivity index (χ0) is 13.7. The molecule has 0 saturated carbocycles. The maximum atomic E-state index is 13.5. The number of rotatable bonds is 2. The lowest BCUT2D eigenvalue weighted by atomic mass is 10.1. The van der Waals surface area contributed by atoms with E-state index >= 15 is 0 Å². The molecule has 7 heteroatoms. The molecule has 1 aliphatic rings. The molecule has 0 N–H and O–H groups in total. The Kier molecular flexibility index (Phi) is 3.00. The Labute approximate surface area is 105 Å². The van der Waals surface area contributed by atoms with E-state index in [-0.39, 0.29) is 29.5 Å². The number of hydrogen-bond acceptors (Lipinski definition) is 3. The molecular weight excluding hydrogens is 262 g/mol. The first-order valence-electron chi connectivity index (χ1n) is 5.81. The van der Waals surface area contributed by atoms with Gasteiger partial charge in [-0.1, -0.05) is 0 Å². The van der Waals surface area contributed by atoms with Gasteiger partial charge in [0.1, 0.15) is 5.69 Å². The maximum absolute atomic E-state index is 13.5. The number of nitrogens with zero attached hydrogens (tertiary/aromatic N) is 2. The number of fused-ring (bicyclic) bond motifs is 1. The van der Waals surface area contributed by atoms with Crippen LogP contribution in [0, 0.1) is 0 Å². The molecule has 2 rings (SSSR count). The van der Waals surface area contributed by atoms with Crippen LogP contribution in [0.25, 0.3) is 0 Å². The van der Waals surface area contributed by atoms with E-state index in [9.17, 15) is 17.2 Å². The lowest BCUT2D eigenvalue weighted by molar-refractivity contribution is 0.0113. The first kappa shape index (κ1) is 13.5. The first-order chi connectivity index (χ1) is 8.12. The highest BCUT2D eigenvalue weighted by Gasteiger charge is 2.38. The Morgan fingerprint density at radius 1 is 1.39 bits per heavy atom. The van der Waals surface area contributed by atoms with Gasteiger partial charge in [0, 0.05) is 30.6 Å². The van der Waals surface area contributed by atoms with E-state index in [4.69, 9.17) is 0 Å². The molecule has 0 fully saturated rings. The molecule has 0 atom stereocenters. The molecule has 4 nitrogen and oxygen atoms in total. The van der Waals surface area contributed by atoms with Crippen LogP contribution in [0.15, 0.2) is 0 Å². The average molecular weight is 278 g/mol. The van der Waals surface area contributed by atoms with Gasteiger partial charge < -0.3 is 0 Å². The van der Waals surface area contributed by atoms with Crippen molar-refractivity contribution in [2.75, 3.05) is 5.75 Å². The molecule has 0 unspecified atom stereocenters. The number of halogens is 2. The predicted octanol–water partition coefficient (Wildman–Crippen LogP) is 2.05. The van der Waals surface area contributed by atoms with Gasteiger partial charge in [-0.3, -0.25) is 4.68 Å². The van der Waals surface area contributed by atoms with Crippen molar-refractivity contribution in [3.05, 3.63) is 17.0 Å². The average Bonchev–Trinajstić information content (AvgIpc) is 2.53. The molecule has 0 amide bonds. The quantitative estimate of drug-likeness (QED) is 0.832. The highest BCUT2D eigenvalue weighted by Crippen LogP contribution is 2.35. The van der Waals surface area contributed by atoms with Crippen molar-refractivity contribution in [2.24, 2.45) is 0 Å². The van der Waals surface area contributed by atoms with Gasteiger partial charge in [0.15, 0.2) is 9.84 Å².